The summed E-state index contributed by atoms with van der Waals surface area (Å²) in [7, 11) is 1.57. The van der Waals surface area contributed by atoms with E-state index in [4.69, 9.17) is 10.5 Å². The summed E-state index contributed by atoms with van der Waals surface area (Å²) in [6.45, 7) is 5.62. The average Bonchev–Trinajstić information content (AvgIpc) is 2.49. The molecule has 5 nitrogen and oxygen atoms in total. The number of methoxy groups -OCH3 is 1. The number of hydrogen-bond acceptors (Lipinski definition) is 4. The van der Waals surface area contributed by atoms with Crippen LogP contribution < -0.4 is 15.8 Å². The molecule has 0 aliphatic carbocycles. The second-order valence-corrected chi connectivity index (χ2v) is 6.16. The highest BCUT2D eigenvalue weighted by molar-refractivity contribution is 5.92. The predicted octanol–water partition coefficient (Wildman–Crippen LogP) is 2.73. The van der Waals surface area contributed by atoms with Crippen LogP contribution in [0.4, 0.5) is 11.4 Å². The van der Waals surface area contributed by atoms with Crippen molar-refractivity contribution in [2.45, 2.75) is 32.6 Å². The highest BCUT2D eigenvalue weighted by Gasteiger charge is 2.16. The van der Waals surface area contributed by atoms with Crippen molar-refractivity contribution >= 4 is 17.3 Å². The van der Waals surface area contributed by atoms with Gasteiger partial charge in [-0.05, 0) is 50.4 Å². The number of carbonyl (C=O) groups is 1. The van der Waals surface area contributed by atoms with Gasteiger partial charge in [0.25, 0.3) is 0 Å². The van der Waals surface area contributed by atoms with Gasteiger partial charge in [-0.2, -0.15) is 0 Å². The van der Waals surface area contributed by atoms with Crippen molar-refractivity contribution in [3.05, 3.63) is 18.2 Å². The molecule has 2 rings (SSSR count). The molecule has 1 amide bonds. The molecule has 0 saturated carbocycles. The number of rotatable bonds is 6. The predicted molar refractivity (Wildman–Crippen MR) is 90.1 cm³/mol. The highest BCUT2D eigenvalue weighted by atomic mass is 16.5. The quantitative estimate of drug-likeness (QED) is 0.793. The number of nitrogens with one attached hydrogen (secondary N) is 1. The Bertz CT molecular complexity index is 505. The lowest BCUT2D eigenvalue weighted by Crippen LogP contribution is -2.35. The Hall–Kier alpha value is -1.75. The molecule has 22 heavy (non-hydrogen) atoms. The Kier molecular flexibility index (Phi) is 6.07. The van der Waals surface area contributed by atoms with Crippen LogP contribution in [-0.2, 0) is 4.79 Å². The Labute approximate surface area is 132 Å². The van der Waals surface area contributed by atoms with E-state index in [9.17, 15) is 4.79 Å². The van der Waals surface area contributed by atoms with Crippen molar-refractivity contribution in [3.8, 4) is 5.75 Å². The van der Waals surface area contributed by atoms with Gasteiger partial charge in [-0.1, -0.05) is 6.92 Å². The van der Waals surface area contributed by atoms with E-state index in [1.807, 2.05) is 0 Å². The number of carbonyl (C=O) groups excluding carboxylic acids is 1. The first-order valence-electron chi connectivity index (χ1n) is 8.04. The number of amides is 1. The summed E-state index contributed by atoms with van der Waals surface area (Å²) in [6, 6.07) is 5.25. The molecule has 0 spiro atoms. The van der Waals surface area contributed by atoms with Crippen molar-refractivity contribution in [1.29, 1.82) is 0 Å². The molecule has 1 unspecified atom stereocenters. The monoisotopic (exact) mass is 305 g/mol. The number of ether oxygens (including phenoxy) is 1. The molecule has 122 valence electrons. The van der Waals surface area contributed by atoms with E-state index in [-0.39, 0.29) is 5.91 Å². The molecule has 3 N–H and O–H groups in total. The summed E-state index contributed by atoms with van der Waals surface area (Å²) in [6.07, 6.45) is 4.01. The fourth-order valence-corrected chi connectivity index (χ4v) is 2.98. The molecule has 1 aliphatic heterocycles. The lowest BCUT2D eigenvalue weighted by molar-refractivity contribution is -0.116. The third kappa shape index (κ3) is 4.91. The summed E-state index contributed by atoms with van der Waals surface area (Å²) < 4.78 is 5.24. The minimum Gasteiger partial charge on any atom is -0.494 e. The van der Waals surface area contributed by atoms with Crippen LogP contribution in [-0.4, -0.2) is 37.6 Å². The highest BCUT2D eigenvalue weighted by Crippen LogP contribution is 2.26. The minimum atomic E-state index is 0.0214. The summed E-state index contributed by atoms with van der Waals surface area (Å²) >= 11 is 0. The normalized spacial score (nSPS) is 18.9. The number of hydrogen-bond donors (Lipinski definition) is 2. The fourth-order valence-electron chi connectivity index (χ4n) is 2.98. The number of benzene rings is 1. The first-order valence-corrected chi connectivity index (χ1v) is 8.04. The maximum atomic E-state index is 12.1. The zero-order chi connectivity index (χ0) is 15.9. The van der Waals surface area contributed by atoms with Crippen molar-refractivity contribution in [1.82, 2.24) is 4.90 Å². The van der Waals surface area contributed by atoms with Crippen LogP contribution in [0.25, 0.3) is 0 Å². The Morgan fingerprint density at radius 3 is 3.05 bits per heavy atom. The van der Waals surface area contributed by atoms with Gasteiger partial charge in [0.2, 0.25) is 5.91 Å². The van der Waals surface area contributed by atoms with Gasteiger partial charge < -0.3 is 20.7 Å². The molecule has 0 aromatic heterocycles. The van der Waals surface area contributed by atoms with Crippen LogP contribution in [0.3, 0.4) is 0 Å². The van der Waals surface area contributed by atoms with Gasteiger partial charge >= 0.3 is 0 Å². The standard InChI is InChI=1S/C17H27N3O2/c1-13-5-3-9-20(12-13)10-4-6-17(21)19-15-8-7-14(18)11-16(15)22-2/h7-8,11,13H,3-6,9-10,12,18H2,1-2H3,(H,19,21). The van der Waals surface area contributed by atoms with Gasteiger partial charge in [0.05, 0.1) is 12.8 Å². The van der Waals surface area contributed by atoms with E-state index in [2.05, 4.69) is 17.1 Å². The second-order valence-electron chi connectivity index (χ2n) is 6.16. The zero-order valence-corrected chi connectivity index (χ0v) is 13.6. The van der Waals surface area contributed by atoms with Crippen LogP contribution >= 0.6 is 0 Å². The molecule has 1 heterocycles. The van der Waals surface area contributed by atoms with E-state index >= 15 is 0 Å². The molecule has 1 aromatic carbocycles. The number of anilines is 2. The molecular formula is C17H27N3O2. The summed E-state index contributed by atoms with van der Waals surface area (Å²) in [5, 5.41) is 2.90. The smallest absolute Gasteiger partial charge is 0.224 e. The maximum Gasteiger partial charge on any atom is 0.224 e. The van der Waals surface area contributed by atoms with Crippen LogP contribution in [0.2, 0.25) is 0 Å². The topological polar surface area (TPSA) is 67.6 Å². The molecule has 0 radical (unpaired) electrons. The number of nitrogens with zero attached hydrogens (tertiary/aromatic N) is 1. The van der Waals surface area contributed by atoms with Gasteiger partial charge in [0, 0.05) is 24.7 Å². The van der Waals surface area contributed by atoms with Crippen LogP contribution in [0.15, 0.2) is 18.2 Å². The van der Waals surface area contributed by atoms with Crippen LogP contribution in [0.5, 0.6) is 5.75 Å². The Morgan fingerprint density at radius 2 is 2.32 bits per heavy atom. The molecule has 1 aromatic rings. The SMILES string of the molecule is COc1cc(N)ccc1NC(=O)CCCN1CCCC(C)C1. The molecular weight excluding hydrogens is 278 g/mol. The fraction of sp³-hybridized carbons (Fsp3) is 0.588. The van der Waals surface area contributed by atoms with Crippen molar-refractivity contribution in [2.24, 2.45) is 5.92 Å². The zero-order valence-electron chi connectivity index (χ0n) is 13.6. The molecule has 1 fully saturated rings. The number of likely N-dealkylation sites (tertiary alicyclic amines) is 1. The van der Waals surface area contributed by atoms with Crippen LogP contribution in [0, 0.1) is 5.92 Å². The van der Waals surface area contributed by atoms with Gasteiger partial charge in [-0.25, -0.2) is 0 Å². The van der Waals surface area contributed by atoms with Crippen LogP contribution in [0.1, 0.15) is 32.6 Å². The number of nitrogen functional groups attached to an aromatic ring is 1. The summed E-state index contributed by atoms with van der Waals surface area (Å²) in [5.74, 6) is 1.40. The molecule has 1 aliphatic rings. The number of nitrogens with two attached hydrogens (primary N) is 1. The van der Waals surface area contributed by atoms with E-state index in [1.54, 1.807) is 25.3 Å². The van der Waals surface area contributed by atoms with Crippen molar-refractivity contribution < 1.29 is 9.53 Å². The van der Waals surface area contributed by atoms with E-state index in [1.165, 1.54) is 12.8 Å². The minimum absolute atomic E-state index is 0.0214. The van der Waals surface area contributed by atoms with Crippen molar-refractivity contribution in [3.63, 3.8) is 0 Å². The maximum absolute atomic E-state index is 12.1. The molecule has 0 bridgehead atoms. The Balaban J connectivity index is 1.76. The molecule has 5 heteroatoms. The van der Waals surface area contributed by atoms with Crippen molar-refractivity contribution in [2.75, 3.05) is 37.8 Å². The Morgan fingerprint density at radius 1 is 1.50 bits per heavy atom. The van der Waals surface area contributed by atoms with Gasteiger partial charge in [0.1, 0.15) is 5.75 Å². The molecule has 1 saturated heterocycles. The lowest BCUT2D eigenvalue weighted by Gasteiger charge is -2.30. The van der Waals surface area contributed by atoms with E-state index in [0.29, 0.717) is 23.5 Å². The number of piperidine rings is 1. The summed E-state index contributed by atoms with van der Waals surface area (Å²) in [4.78, 5) is 14.5. The lowest BCUT2D eigenvalue weighted by atomic mass is 10.0. The third-order valence-corrected chi connectivity index (χ3v) is 4.12. The summed E-state index contributed by atoms with van der Waals surface area (Å²) in [5.41, 5.74) is 7.00. The first-order chi connectivity index (χ1) is 10.6. The van der Waals surface area contributed by atoms with E-state index < -0.39 is 0 Å². The van der Waals surface area contributed by atoms with Gasteiger partial charge in [0.15, 0.2) is 0 Å². The second kappa shape index (κ2) is 8.03. The van der Waals surface area contributed by atoms with Gasteiger partial charge in [-0.3, -0.25) is 4.79 Å². The molecule has 1 atom stereocenters. The average molecular weight is 305 g/mol. The third-order valence-electron chi connectivity index (χ3n) is 4.12. The first kappa shape index (κ1) is 16.6. The van der Waals surface area contributed by atoms with Gasteiger partial charge in [-0.15, -0.1) is 0 Å². The van der Waals surface area contributed by atoms with E-state index in [0.717, 1.165) is 32.0 Å². The largest absolute Gasteiger partial charge is 0.494 e.